The molecule has 1 aliphatic heterocycles. The fourth-order valence-corrected chi connectivity index (χ4v) is 3.50. The van der Waals surface area contributed by atoms with Gasteiger partial charge in [0.1, 0.15) is 0 Å². The molecule has 1 heterocycles. The van der Waals surface area contributed by atoms with Crippen molar-refractivity contribution in [3.8, 4) is 0 Å². The van der Waals surface area contributed by atoms with Crippen LogP contribution in [0.1, 0.15) is 19.4 Å². The van der Waals surface area contributed by atoms with E-state index in [2.05, 4.69) is 4.90 Å². The highest BCUT2D eigenvalue weighted by Crippen LogP contribution is 2.26. The minimum Gasteiger partial charge on any atom is -0.292 e. The van der Waals surface area contributed by atoms with Crippen LogP contribution in [0.4, 0.5) is 13.2 Å². The van der Waals surface area contributed by atoms with E-state index in [1.54, 1.807) is 6.26 Å². The molecule has 0 spiro atoms. The third-order valence-electron chi connectivity index (χ3n) is 4.18. The smallest absolute Gasteiger partial charge is 0.292 e. The Morgan fingerprint density at radius 1 is 1.17 bits per heavy atom. The van der Waals surface area contributed by atoms with E-state index in [0.29, 0.717) is 26.2 Å². The van der Waals surface area contributed by atoms with E-state index < -0.39 is 23.5 Å². The Hall–Kier alpha value is -0.920. The van der Waals surface area contributed by atoms with Gasteiger partial charge in [0.05, 0.1) is 6.54 Å². The lowest BCUT2D eigenvalue weighted by atomic mass is 9.97. The molecule has 1 unspecified atom stereocenters. The van der Waals surface area contributed by atoms with Crippen LogP contribution < -0.4 is 0 Å². The third-order valence-corrected chi connectivity index (χ3v) is 5.12. The predicted molar refractivity (Wildman–Crippen MR) is 85.8 cm³/mol. The van der Waals surface area contributed by atoms with Crippen molar-refractivity contribution in [1.29, 1.82) is 0 Å². The van der Waals surface area contributed by atoms with Crippen molar-refractivity contribution in [1.82, 2.24) is 9.80 Å². The van der Waals surface area contributed by atoms with Crippen LogP contribution >= 0.6 is 0 Å². The second-order valence-electron chi connectivity index (χ2n) is 6.66. The Bertz CT molecular complexity index is 557. The first-order valence-corrected chi connectivity index (χ1v) is 9.09. The predicted octanol–water partition coefficient (Wildman–Crippen LogP) is 2.88. The minimum absolute atomic E-state index is 0.324. The largest absolute Gasteiger partial charge is 0.401 e. The van der Waals surface area contributed by atoms with Gasteiger partial charge in [0.15, 0.2) is 0 Å². The lowest BCUT2D eigenvalue weighted by Crippen LogP contribution is -2.59. The molecule has 0 amide bonds. The molecule has 1 saturated heterocycles. The van der Waals surface area contributed by atoms with Crippen LogP contribution in [-0.2, 0) is 17.3 Å². The molecule has 130 valence electrons. The maximum absolute atomic E-state index is 12.6. The Labute approximate surface area is 137 Å². The zero-order valence-electron chi connectivity index (χ0n) is 13.7. The molecule has 1 aromatic carbocycles. The van der Waals surface area contributed by atoms with Gasteiger partial charge >= 0.3 is 6.18 Å². The highest BCUT2D eigenvalue weighted by molar-refractivity contribution is 7.84. The van der Waals surface area contributed by atoms with E-state index in [-0.39, 0.29) is 5.54 Å². The van der Waals surface area contributed by atoms with E-state index in [9.17, 15) is 17.4 Å². The van der Waals surface area contributed by atoms with Gasteiger partial charge in [-0.05, 0) is 31.5 Å². The number of hydrogen-bond donors (Lipinski definition) is 0. The Morgan fingerprint density at radius 2 is 1.78 bits per heavy atom. The summed E-state index contributed by atoms with van der Waals surface area (Å²) in [5, 5.41) is 0. The number of alkyl halides is 3. The summed E-state index contributed by atoms with van der Waals surface area (Å²) in [4.78, 5) is 4.46. The van der Waals surface area contributed by atoms with Crippen LogP contribution in [0.5, 0.6) is 0 Å². The van der Waals surface area contributed by atoms with Crippen LogP contribution in [0.15, 0.2) is 29.2 Å². The summed E-state index contributed by atoms with van der Waals surface area (Å²) in [7, 11) is -1.00. The van der Waals surface area contributed by atoms with Gasteiger partial charge in [0, 0.05) is 53.7 Å². The number of hydrogen-bond acceptors (Lipinski definition) is 3. The highest BCUT2D eigenvalue weighted by atomic mass is 32.2. The minimum atomic E-state index is -4.15. The summed E-state index contributed by atoms with van der Waals surface area (Å²) in [6.07, 6.45) is -2.51. The summed E-state index contributed by atoms with van der Waals surface area (Å²) >= 11 is 0. The maximum Gasteiger partial charge on any atom is 0.401 e. The zero-order valence-corrected chi connectivity index (χ0v) is 14.5. The maximum atomic E-state index is 12.6. The lowest BCUT2D eigenvalue weighted by Gasteiger charge is -2.47. The zero-order chi connectivity index (χ0) is 17.3. The summed E-state index contributed by atoms with van der Waals surface area (Å²) in [5.74, 6) is 0. The molecule has 1 fully saturated rings. The molecule has 3 nitrogen and oxygen atoms in total. The molecule has 0 aliphatic carbocycles. The van der Waals surface area contributed by atoms with Gasteiger partial charge in [-0.3, -0.25) is 14.0 Å². The molecule has 23 heavy (non-hydrogen) atoms. The summed E-state index contributed by atoms with van der Waals surface area (Å²) in [6, 6.07) is 7.57. The van der Waals surface area contributed by atoms with E-state index in [4.69, 9.17) is 0 Å². The van der Waals surface area contributed by atoms with Gasteiger partial charge < -0.3 is 0 Å². The molecule has 0 bridgehead atoms. The molecular formula is C16H23F3N2OS. The van der Waals surface area contributed by atoms with Gasteiger partial charge in [-0.15, -0.1) is 0 Å². The van der Waals surface area contributed by atoms with Crippen LogP contribution in [0, 0.1) is 0 Å². The number of nitrogens with zero attached hydrogens (tertiary/aromatic N) is 2. The standard InChI is InChI=1S/C16H23F3N2OS/c1-15(2)11-20(12-16(17,18)19)8-9-21(15)10-13-4-6-14(7-5-13)23(3)22/h4-7H,8-12H2,1-3H3. The van der Waals surface area contributed by atoms with E-state index in [1.807, 2.05) is 38.1 Å². The number of piperazine rings is 1. The molecule has 0 aromatic heterocycles. The van der Waals surface area contributed by atoms with Crippen LogP contribution in [0.3, 0.4) is 0 Å². The number of halogens is 3. The normalized spacial score (nSPS) is 21.3. The molecule has 7 heteroatoms. The molecular weight excluding hydrogens is 325 g/mol. The van der Waals surface area contributed by atoms with Gasteiger partial charge in [-0.1, -0.05) is 12.1 Å². The SMILES string of the molecule is CS(=O)c1ccc(CN2CCN(CC(F)(F)F)CC2(C)C)cc1. The number of benzene rings is 1. The molecule has 0 saturated carbocycles. The van der Waals surface area contributed by atoms with E-state index in [0.717, 1.165) is 10.5 Å². The summed E-state index contributed by atoms with van der Waals surface area (Å²) in [5.41, 5.74) is 0.756. The molecule has 0 radical (unpaired) electrons. The van der Waals surface area contributed by atoms with E-state index in [1.165, 1.54) is 4.90 Å². The van der Waals surface area contributed by atoms with Crippen LogP contribution in [0.25, 0.3) is 0 Å². The molecule has 2 rings (SSSR count). The Kier molecular flexibility index (Phi) is 5.53. The fraction of sp³-hybridized carbons (Fsp3) is 0.625. The molecule has 0 N–H and O–H groups in total. The first-order chi connectivity index (χ1) is 10.6. The molecule has 1 aliphatic rings. The lowest BCUT2D eigenvalue weighted by molar-refractivity contribution is -0.155. The Balaban J connectivity index is 2.00. The quantitative estimate of drug-likeness (QED) is 0.836. The second kappa shape index (κ2) is 6.91. The first-order valence-electron chi connectivity index (χ1n) is 7.53. The summed E-state index contributed by atoms with van der Waals surface area (Å²) < 4.78 is 49.1. The first kappa shape index (κ1) is 18.4. The van der Waals surface area contributed by atoms with Crippen LogP contribution in [-0.4, -0.2) is 58.2 Å². The Morgan fingerprint density at radius 3 is 2.26 bits per heavy atom. The van der Waals surface area contributed by atoms with Crippen molar-refractivity contribution in [2.45, 2.75) is 37.0 Å². The van der Waals surface area contributed by atoms with Gasteiger partial charge in [0.2, 0.25) is 0 Å². The van der Waals surface area contributed by atoms with Crippen molar-refractivity contribution in [3.63, 3.8) is 0 Å². The topological polar surface area (TPSA) is 23.6 Å². The van der Waals surface area contributed by atoms with Crippen molar-refractivity contribution >= 4 is 10.8 Å². The molecule has 1 atom stereocenters. The third kappa shape index (κ3) is 5.29. The highest BCUT2D eigenvalue weighted by Gasteiger charge is 2.38. The fourth-order valence-electron chi connectivity index (χ4n) is 2.98. The van der Waals surface area contributed by atoms with Crippen LogP contribution in [0.2, 0.25) is 0 Å². The van der Waals surface area contributed by atoms with Gasteiger partial charge in [-0.25, -0.2) is 0 Å². The second-order valence-corrected chi connectivity index (χ2v) is 8.04. The average Bonchev–Trinajstić information content (AvgIpc) is 2.40. The van der Waals surface area contributed by atoms with Crippen molar-refractivity contribution in [2.24, 2.45) is 0 Å². The average molecular weight is 348 g/mol. The van der Waals surface area contributed by atoms with E-state index >= 15 is 0 Å². The van der Waals surface area contributed by atoms with Crippen molar-refractivity contribution in [2.75, 3.05) is 32.4 Å². The molecule has 1 aromatic rings. The van der Waals surface area contributed by atoms with Gasteiger partial charge in [-0.2, -0.15) is 13.2 Å². The number of rotatable bonds is 4. The monoisotopic (exact) mass is 348 g/mol. The van der Waals surface area contributed by atoms with Crippen molar-refractivity contribution < 1.29 is 17.4 Å². The summed E-state index contributed by atoms with van der Waals surface area (Å²) in [6.45, 7) is 5.20. The van der Waals surface area contributed by atoms with Gasteiger partial charge in [0.25, 0.3) is 0 Å². The van der Waals surface area contributed by atoms with Crippen molar-refractivity contribution in [3.05, 3.63) is 29.8 Å².